The summed E-state index contributed by atoms with van der Waals surface area (Å²) in [5, 5.41) is 1.26. The molecule has 0 bridgehead atoms. The van der Waals surface area contributed by atoms with Crippen molar-refractivity contribution in [1.29, 1.82) is 0 Å². The lowest BCUT2D eigenvalue weighted by Crippen LogP contribution is -2.46. The summed E-state index contributed by atoms with van der Waals surface area (Å²) in [4.78, 5) is 13.3. The van der Waals surface area contributed by atoms with E-state index >= 15 is 0 Å². The molecule has 78 valence electrons. The quantitative estimate of drug-likeness (QED) is 0.331. The summed E-state index contributed by atoms with van der Waals surface area (Å²) >= 11 is 0. The van der Waals surface area contributed by atoms with E-state index in [0.717, 1.165) is 0 Å². The third kappa shape index (κ3) is 3.93. The first-order chi connectivity index (χ1) is 7.17. The average molecular weight is 235 g/mol. The van der Waals surface area contributed by atoms with E-state index in [4.69, 9.17) is 4.12 Å². The highest BCUT2D eigenvalue weighted by Gasteiger charge is 2.24. The lowest BCUT2D eigenvalue weighted by molar-refractivity contribution is 0.562. The number of hydrogen-bond acceptors (Lipinski definition) is 3. The molecule has 0 N–H and O–H groups in total. The first-order valence-corrected chi connectivity index (χ1v) is 8.69. The van der Waals surface area contributed by atoms with Crippen LogP contribution >= 0.6 is 0 Å². The summed E-state index contributed by atoms with van der Waals surface area (Å²) in [6.07, 6.45) is 1.93. The van der Waals surface area contributed by atoms with Crippen molar-refractivity contribution >= 4 is 29.3 Å². The number of rotatable bonds is 5. The maximum absolute atomic E-state index is 9.87. The van der Waals surface area contributed by atoms with E-state index < -0.39 is 8.32 Å². The highest BCUT2D eigenvalue weighted by molar-refractivity contribution is 6.87. The minimum Gasteiger partial charge on any atom is -0.452 e. The SMILES string of the molecule is C[Si](C)(O[Si]CN=C=O)c1ccccc1. The summed E-state index contributed by atoms with van der Waals surface area (Å²) in [7, 11) is -1.56. The maximum Gasteiger partial charge on any atom is 0.240 e. The molecule has 0 amide bonds. The molecular formula is C10H13NO2Si2. The van der Waals surface area contributed by atoms with E-state index in [9.17, 15) is 4.79 Å². The summed E-state index contributed by atoms with van der Waals surface area (Å²) in [6, 6.07) is 10.2. The topological polar surface area (TPSA) is 38.7 Å². The number of benzene rings is 1. The van der Waals surface area contributed by atoms with Crippen LogP contribution in [-0.2, 0) is 8.91 Å². The van der Waals surface area contributed by atoms with Gasteiger partial charge in [-0.05, 0) is 18.3 Å². The van der Waals surface area contributed by atoms with Gasteiger partial charge in [-0.25, -0.2) is 9.79 Å². The zero-order valence-corrected chi connectivity index (χ0v) is 10.9. The van der Waals surface area contributed by atoms with E-state index in [1.54, 1.807) is 0 Å². The van der Waals surface area contributed by atoms with Crippen molar-refractivity contribution in [2.45, 2.75) is 13.1 Å². The Morgan fingerprint density at radius 1 is 1.40 bits per heavy atom. The van der Waals surface area contributed by atoms with Crippen LogP contribution in [-0.4, -0.2) is 30.3 Å². The number of isocyanates is 1. The molecule has 0 saturated heterocycles. The lowest BCUT2D eigenvalue weighted by atomic mass is 10.4. The van der Waals surface area contributed by atoms with Crippen molar-refractivity contribution in [3.63, 3.8) is 0 Å². The number of nitrogens with zero attached hydrogens (tertiary/aromatic N) is 1. The van der Waals surface area contributed by atoms with Crippen molar-refractivity contribution < 1.29 is 8.91 Å². The molecule has 2 radical (unpaired) electrons. The molecule has 0 heterocycles. The van der Waals surface area contributed by atoms with Crippen LogP contribution in [0.3, 0.4) is 0 Å². The van der Waals surface area contributed by atoms with E-state index in [2.05, 4.69) is 30.2 Å². The molecule has 0 aromatic heterocycles. The fourth-order valence-electron chi connectivity index (χ4n) is 1.18. The van der Waals surface area contributed by atoms with Gasteiger partial charge in [0.2, 0.25) is 24.2 Å². The molecule has 0 atom stereocenters. The van der Waals surface area contributed by atoms with Gasteiger partial charge in [0.05, 0.1) is 6.17 Å². The highest BCUT2D eigenvalue weighted by atomic mass is 28.4. The number of carbonyl (C=O) groups excluding carboxylic acids is 1. The van der Waals surface area contributed by atoms with Gasteiger partial charge < -0.3 is 4.12 Å². The molecule has 0 spiro atoms. The van der Waals surface area contributed by atoms with Crippen molar-refractivity contribution in [3.05, 3.63) is 30.3 Å². The predicted octanol–water partition coefficient (Wildman–Crippen LogP) is 1.03. The van der Waals surface area contributed by atoms with Crippen LogP contribution in [0.5, 0.6) is 0 Å². The second-order valence-electron chi connectivity index (χ2n) is 3.53. The van der Waals surface area contributed by atoms with Crippen LogP contribution in [0.2, 0.25) is 13.1 Å². The second kappa shape index (κ2) is 5.77. The zero-order valence-electron chi connectivity index (χ0n) is 8.86. The van der Waals surface area contributed by atoms with E-state index in [0.29, 0.717) is 6.17 Å². The monoisotopic (exact) mass is 235 g/mol. The average Bonchev–Trinajstić information content (AvgIpc) is 2.26. The largest absolute Gasteiger partial charge is 0.452 e. The molecule has 0 aliphatic heterocycles. The van der Waals surface area contributed by atoms with Gasteiger partial charge in [0, 0.05) is 0 Å². The van der Waals surface area contributed by atoms with E-state index in [1.807, 2.05) is 18.2 Å². The summed E-state index contributed by atoms with van der Waals surface area (Å²) < 4.78 is 5.81. The Kier molecular flexibility index (Phi) is 4.64. The van der Waals surface area contributed by atoms with Gasteiger partial charge in [0.1, 0.15) is 0 Å². The minimum absolute atomic E-state index is 0.249. The fourth-order valence-corrected chi connectivity index (χ4v) is 4.47. The smallest absolute Gasteiger partial charge is 0.240 e. The highest BCUT2D eigenvalue weighted by Crippen LogP contribution is 2.03. The van der Waals surface area contributed by atoms with E-state index in [-0.39, 0.29) is 9.76 Å². The van der Waals surface area contributed by atoms with Gasteiger partial charge in [-0.15, -0.1) is 0 Å². The fraction of sp³-hybridized carbons (Fsp3) is 0.300. The third-order valence-corrected chi connectivity index (χ3v) is 6.63. The zero-order chi connectivity index (χ0) is 11.1. The summed E-state index contributed by atoms with van der Waals surface area (Å²) in [6.45, 7) is 4.28. The van der Waals surface area contributed by atoms with Crippen LogP contribution in [0.25, 0.3) is 0 Å². The molecule has 1 aromatic rings. The van der Waals surface area contributed by atoms with Crippen LogP contribution < -0.4 is 5.19 Å². The molecule has 0 saturated carbocycles. The molecule has 0 aliphatic carbocycles. The van der Waals surface area contributed by atoms with Gasteiger partial charge in [0.25, 0.3) is 0 Å². The molecule has 1 aromatic carbocycles. The summed E-state index contributed by atoms with van der Waals surface area (Å²) in [5.41, 5.74) is 0. The van der Waals surface area contributed by atoms with Crippen molar-refractivity contribution in [2.75, 3.05) is 6.17 Å². The van der Waals surface area contributed by atoms with Crippen LogP contribution in [0.15, 0.2) is 35.3 Å². The van der Waals surface area contributed by atoms with Gasteiger partial charge >= 0.3 is 0 Å². The molecule has 5 heteroatoms. The Labute approximate surface area is 93.3 Å². The van der Waals surface area contributed by atoms with Gasteiger partial charge in [-0.3, -0.25) is 0 Å². The van der Waals surface area contributed by atoms with Gasteiger partial charge in [-0.2, -0.15) is 0 Å². The Morgan fingerprint density at radius 3 is 2.67 bits per heavy atom. The van der Waals surface area contributed by atoms with E-state index in [1.165, 1.54) is 11.3 Å². The molecule has 0 aliphatic rings. The Bertz CT molecular complexity index is 348. The molecular weight excluding hydrogens is 222 g/mol. The predicted molar refractivity (Wildman–Crippen MR) is 63.4 cm³/mol. The molecule has 15 heavy (non-hydrogen) atoms. The van der Waals surface area contributed by atoms with Crippen LogP contribution in [0.4, 0.5) is 0 Å². The molecule has 0 fully saturated rings. The first kappa shape index (κ1) is 12.1. The molecule has 1 rings (SSSR count). The molecule has 3 nitrogen and oxygen atoms in total. The Balaban J connectivity index is 2.55. The van der Waals surface area contributed by atoms with Crippen molar-refractivity contribution in [1.82, 2.24) is 0 Å². The normalized spacial score (nSPS) is 10.8. The first-order valence-electron chi connectivity index (χ1n) is 4.67. The lowest BCUT2D eigenvalue weighted by Gasteiger charge is -2.22. The summed E-state index contributed by atoms with van der Waals surface area (Å²) in [5.74, 6) is 0. The third-order valence-electron chi connectivity index (χ3n) is 2.00. The number of aliphatic imine (C=N–C) groups is 1. The molecule has 0 unspecified atom stereocenters. The van der Waals surface area contributed by atoms with Crippen LogP contribution in [0, 0.1) is 0 Å². The minimum atomic E-state index is -1.81. The maximum atomic E-state index is 9.87. The van der Waals surface area contributed by atoms with Gasteiger partial charge in [-0.1, -0.05) is 30.3 Å². The second-order valence-corrected chi connectivity index (χ2v) is 8.55. The number of hydrogen-bond donors (Lipinski definition) is 0. The Morgan fingerprint density at radius 2 is 2.07 bits per heavy atom. The standard InChI is InChI=1S/C10H13NO2Si2/c1-15(2,13-14-9-11-8-12)10-6-4-3-5-7-10/h3-7H,9H2,1-2H3. The van der Waals surface area contributed by atoms with Crippen molar-refractivity contribution in [3.8, 4) is 0 Å². The van der Waals surface area contributed by atoms with Gasteiger partial charge in [0.15, 0.2) is 0 Å². The van der Waals surface area contributed by atoms with Crippen LogP contribution in [0.1, 0.15) is 0 Å². The van der Waals surface area contributed by atoms with Crippen molar-refractivity contribution in [2.24, 2.45) is 4.99 Å². The Hall–Kier alpha value is -1.01.